The molecular weight excluding hydrogens is 317 g/mol. The fourth-order valence-electron chi connectivity index (χ4n) is 1.82. The Balaban J connectivity index is 2.21. The highest BCUT2D eigenvalue weighted by atomic mass is 35.5. The largest absolute Gasteiger partial charge is 0.479 e. The van der Waals surface area contributed by atoms with Crippen LogP contribution in [0.3, 0.4) is 0 Å². The molecule has 0 unspecified atom stereocenters. The molecule has 9 heteroatoms. The minimum absolute atomic E-state index is 0.199. The first-order chi connectivity index (χ1) is 10.1. The minimum Gasteiger partial charge on any atom is -0.479 e. The van der Waals surface area contributed by atoms with Crippen molar-refractivity contribution in [3.8, 4) is 17.6 Å². The normalized spacial score (nSPS) is 10.9. The quantitative estimate of drug-likeness (QED) is 0.689. The number of hydrogen-bond donors (Lipinski definition) is 0. The third-order valence-corrected chi connectivity index (χ3v) is 3.37. The van der Waals surface area contributed by atoms with Gasteiger partial charge in [-0.05, 0) is 0 Å². The lowest BCUT2D eigenvalue weighted by Crippen LogP contribution is -2.03. The predicted molar refractivity (Wildman–Crippen MR) is 77.6 cm³/mol. The van der Waals surface area contributed by atoms with Crippen LogP contribution >= 0.6 is 23.2 Å². The lowest BCUT2D eigenvalue weighted by molar-refractivity contribution is 0.350. The number of nitrogens with zero attached hydrogens (tertiary/aromatic N) is 5. The Morgan fingerprint density at radius 3 is 2.57 bits per heavy atom. The molecule has 0 aromatic carbocycles. The van der Waals surface area contributed by atoms with E-state index in [2.05, 4.69) is 20.1 Å². The van der Waals surface area contributed by atoms with Crippen LogP contribution in [0.15, 0.2) is 18.6 Å². The fraction of sp³-hybridized carbons (Fsp3) is 0.167. The standard InChI is InChI=1S/C12H9Cl2N5O2/c1-20-11-8(4-16-12(17-11)21-2)19-5-6-9(18-19)7(13)3-15-10(6)14/h3-5H,1-2H3. The molecule has 0 radical (unpaired) electrons. The Morgan fingerprint density at radius 1 is 1.10 bits per heavy atom. The van der Waals surface area contributed by atoms with Crippen molar-refractivity contribution in [2.45, 2.75) is 0 Å². The lowest BCUT2D eigenvalue weighted by Gasteiger charge is -2.07. The second-order valence-corrected chi connectivity index (χ2v) is 4.75. The summed E-state index contributed by atoms with van der Waals surface area (Å²) in [5, 5.41) is 5.71. The smallest absolute Gasteiger partial charge is 0.319 e. The molecule has 0 aliphatic carbocycles. The first-order valence-corrected chi connectivity index (χ1v) is 6.54. The third-order valence-electron chi connectivity index (χ3n) is 2.79. The molecule has 108 valence electrons. The van der Waals surface area contributed by atoms with Crippen LogP contribution < -0.4 is 9.47 Å². The maximum Gasteiger partial charge on any atom is 0.319 e. The van der Waals surface area contributed by atoms with E-state index in [1.54, 1.807) is 6.20 Å². The average molecular weight is 326 g/mol. The van der Waals surface area contributed by atoms with Crippen LogP contribution in [0, 0.1) is 0 Å². The van der Waals surface area contributed by atoms with Crippen molar-refractivity contribution in [1.29, 1.82) is 0 Å². The molecule has 3 aromatic rings. The van der Waals surface area contributed by atoms with E-state index < -0.39 is 0 Å². The number of rotatable bonds is 3. The molecule has 0 atom stereocenters. The summed E-state index contributed by atoms with van der Waals surface area (Å²) in [5.41, 5.74) is 1.07. The Morgan fingerprint density at radius 2 is 1.90 bits per heavy atom. The molecule has 0 aliphatic heterocycles. The summed E-state index contributed by atoms with van der Waals surface area (Å²) < 4.78 is 11.7. The summed E-state index contributed by atoms with van der Waals surface area (Å²) in [5.74, 6) is 0.315. The van der Waals surface area contributed by atoms with Crippen molar-refractivity contribution in [1.82, 2.24) is 24.7 Å². The average Bonchev–Trinajstić information content (AvgIpc) is 2.96. The fourth-order valence-corrected chi connectivity index (χ4v) is 2.19. The summed E-state index contributed by atoms with van der Waals surface area (Å²) in [6, 6.07) is 0.199. The maximum absolute atomic E-state index is 6.07. The Kier molecular flexibility index (Phi) is 3.52. The van der Waals surface area contributed by atoms with Crippen LogP contribution in [-0.4, -0.2) is 39.0 Å². The van der Waals surface area contributed by atoms with Gasteiger partial charge in [0.1, 0.15) is 16.4 Å². The highest BCUT2D eigenvalue weighted by Gasteiger charge is 2.15. The van der Waals surface area contributed by atoms with Crippen molar-refractivity contribution in [3.63, 3.8) is 0 Å². The molecule has 3 aromatic heterocycles. The SMILES string of the molecule is COc1ncc(-n2cc3c(Cl)ncc(Cl)c3n2)c(OC)n1. The Hall–Kier alpha value is -2.12. The molecule has 21 heavy (non-hydrogen) atoms. The Bertz CT molecular complexity index is 782. The zero-order valence-electron chi connectivity index (χ0n) is 11.0. The van der Waals surface area contributed by atoms with Crippen molar-refractivity contribution >= 4 is 34.1 Å². The number of aromatic nitrogens is 5. The van der Waals surface area contributed by atoms with Crippen molar-refractivity contribution in [2.75, 3.05) is 14.2 Å². The highest BCUT2D eigenvalue weighted by Crippen LogP contribution is 2.29. The number of fused-ring (bicyclic) bond motifs is 1. The molecule has 7 nitrogen and oxygen atoms in total. The molecule has 0 aliphatic rings. The first kappa shape index (κ1) is 13.8. The molecule has 0 fully saturated rings. The number of halogens is 2. The zero-order chi connectivity index (χ0) is 15.0. The van der Waals surface area contributed by atoms with Crippen LogP contribution in [0.5, 0.6) is 11.9 Å². The van der Waals surface area contributed by atoms with E-state index in [-0.39, 0.29) is 6.01 Å². The van der Waals surface area contributed by atoms with Crippen molar-refractivity contribution < 1.29 is 9.47 Å². The molecule has 0 bridgehead atoms. The first-order valence-electron chi connectivity index (χ1n) is 5.78. The van der Waals surface area contributed by atoms with Gasteiger partial charge in [0, 0.05) is 12.4 Å². The second-order valence-electron chi connectivity index (χ2n) is 3.98. The van der Waals surface area contributed by atoms with Crippen LogP contribution in [0.1, 0.15) is 0 Å². The van der Waals surface area contributed by atoms with Gasteiger partial charge < -0.3 is 9.47 Å². The van der Waals surface area contributed by atoms with Gasteiger partial charge in [-0.15, -0.1) is 0 Å². The summed E-state index contributed by atoms with van der Waals surface area (Å²) in [4.78, 5) is 12.1. The molecule has 0 spiro atoms. The zero-order valence-corrected chi connectivity index (χ0v) is 12.6. The van der Waals surface area contributed by atoms with Gasteiger partial charge in [-0.3, -0.25) is 0 Å². The molecule has 3 rings (SSSR count). The van der Waals surface area contributed by atoms with Gasteiger partial charge >= 0.3 is 6.01 Å². The van der Waals surface area contributed by atoms with Gasteiger partial charge in [-0.2, -0.15) is 10.1 Å². The topological polar surface area (TPSA) is 75.0 Å². The summed E-state index contributed by atoms with van der Waals surface area (Å²) in [7, 11) is 2.97. The van der Waals surface area contributed by atoms with E-state index in [1.165, 1.54) is 31.3 Å². The third kappa shape index (κ3) is 2.34. The molecule has 0 saturated heterocycles. The monoisotopic (exact) mass is 325 g/mol. The van der Waals surface area contributed by atoms with Gasteiger partial charge in [0.2, 0.25) is 5.88 Å². The number of methoxy groups -OCH3 is 2. The van der Waals surface area contributed by atoms with Crippen LogP contribution in [0.25, 0.3) is 16.6 Å². The van der Waals surface area contributed by atoms with Gasteiger partial charge in [0.15, 0.2) is 0 Å². The van der Waals surface area contributed by atoms with Gasteiger partial charge in [-0.25, -0.2) is 14.6 Å². The van der Waals surface area contributed by atoms with E-state index in [1.807, 2.05) is 0 Å². The lowest BCUT2D eigenvalue weighted by atomic mass is 10.3. The molecule has 0 amide bonds. The molecule has 3 heterocycles. The molecule has 0 saturated carbocycles. The van der Waals surface area contributed by atoms with Crippen LogP contribution in [0.4, 0.5) is 0 Å². The number of pyridine rings is 1. The van der Waals surface area contributed by atoms with E-state index >= 15 is 0 Å². The van der Waals surface area contributed by atoms with E-state index in [9.17, 15) is 0 Å². The van der Waals surface area contributed by atoms with Crippen molar-refractivity contribution in [2.24, 2.45) is 0 Å². The maximum atomic E-state index is 6.07. The van der Waals surface area contributed by atoms with Crippen LogP contribution in [0.2, 0.25) is 10.2 Å². The van der Waals surface area contributed by atoms with E-state index in [4.69, 9.17) is 32.7 Å². The molecule has 0 N–H and O–H groups in total. The highest BCUT2D eigenvalue weighted by molar-refractivity contribution is 6.38. The van der Waals surface area contributed by atoms with Crippen molar-refractivity contribution in [3.05, 3.63) is 28.8 Å². The second kappa shape index (κ2) is 5.34. The summed E-state index contributed by atoms with van der Waals surface area (Å²) in [6.45, 7) is 0. The van der Waals surface area contributed by atoms with E-state index in [0.29, 0.717) is 32.6 Å². The Labute approximate surface area is 129 Å². The molecular formula is C12H9Cl2N5O2. The van der Waals surface area contributed by atoms with Gasteiger partial charge in [-0.1, -0.05) is 23.2 Å². The summed E-state index contributed by atoms with van der Waals surface area (Å²) in [6.07, 6.45) is 4.67. The number of hydrogen-bond acceptors (Lipinski definition) is 6. The summed E-state index contributed by atoms with van der Waals surface area (Å²) >= 11 is 12.1. The number of ether oxygens (including phenoxy) is 2. The van der Waals surface area contributed by atoms with Crippen LogP contribution in [-0.2, 0) is 0 Å². The van der Waals surface area contributed by atoms with Gasteiger partial charge in [0.05, 0.1) is 30.8 Å². The van der Waals surface area contributed by atoms with Gasteiger partial charge in [0.25, 0.3) is 0 Å². The minimum atomic E-state index is 0.199. The van der Waals surface area contributed by atoms with E-state index in [0.717, 1.165) is 0 Å². The predicted octanol–water partition coefficient (Wildman–Crippen LogP) is 2.53.